The van der Waals surface area contributed by atoms with Crippen molar-refractivity contribution >= 4 is 5.78 Å². The molecule has 19 heavy (non-hydrogen) atoms. The predicted molar refractivity (Wildman–Crippen MR) is 73.2 cm³/mol. The summed E-state index contributed by atoms with van der Waals surface area (Å²) in [5.41, 5.74) is 2.73. The third-order valence-electron chi connectivity index (χ3n) is 3.77. The molecule has 1 aliphatic rings. The smallest absolute Gasteiger partial charge is 0.197 e. The van der Waals surface area contributed by atoms with Crippen LogP contribution in [0.2, 0.25) is 0 Å². The first-order valence-electron chi connectivity index (χ1n) is 6.57. The van der Waals surface area contributed by atoms with Gasteiger partial charge in [-0.2, -0.15) is 0 Å². The van der Waals surface area contributed by atoms with Gasteiger partial charge < -0.3 is 0 Å². The van der Waals surface area contributed by atoms with E-state index in [1.807, 2.05) is 42.5 Å². The molecule has 2 atom stereocenters. The van der Waals surface area contributed by atoms with E-state index in [9.17, 15) is 9.18 Å². The number of halogens is 1. The van der Waals surface area contributed by atoms with Crippen molar-refractivity contribution in [3.8, 4) is 0 Å². The van der Waals surface area contributed by atoms with Crippen LogP contribution < -0.4 is 0 Å². The summed E-state index contributed by atoms with van der Waals surface area (Å²) in [6.45, 7) is 0. The highest BCUT2D eigenvalue weighted by Gasteiger charge is 2.33. The molecule has 0 aromatic heterocycles. The summed E-state index contributed by atoms with van der Waals surface area (Å²) in [5, 5.41) is 0. The van der Waals surface area contributed by atoms with Gasteiger partial charge in [0.05, 0.1) is 0 Å². The van der Waals surface area contributed by atoms with Gasteiger partial charge in [-0.15, -0.1) is 0 Å². The van der Waals surface area contributed by atoms with E-state index >= 15 is 0 Å². The third-order valence-corrected chi connectivity index (χ3v) is 3.77. The summed E-state index contributed by atoms with van der Waals surface area (Å²) in [5.74, 6) is -0.272. The van der Waals surface area contributed by atoms with Crippen molar-refractivity contribution in [2.75, 3.05) is 0 Å². The van der Waals surface area contributed by atoms with Crippen LogP contribution in [0.1, 0.15) is 33.8 Å². The van der Waals surface area contributed by atoms with Crippen LogP contribution in [0, 0.1) is 0 Å². The predicted octanol–water partition coefficient (Wildman–Crippen LogP) is 3.94. The van der Waals surface area contributed by atoms with E-state index in [0.717, 1.165) is 12.0 Å². The molecule has 0 saturated heterocycles. The number of carbonyl (C=O) groups excluding carboxylic acids is 1. The standard InChI is InChI=1S/C17H15FO/c18-16-11-13(10-12-6-2-1-3-7-12)14-8-4-5-9-15(14)17(16)19/h1-9,13,16H,10-11H2. The second-order valence-corrected chi connectivity index (χ2v) is 5.04. The van der Waals surface area contributed by atoms with Crippen LogP contribution in [0.5, 0.6) is 0 Å². The van der Waals surface area contributed by atoms with Crippen LogP contribution in [0.15, 0.2) is 54.6 Å². The van der Waals surface area contributed by atoms with E-state index in [-0.39, 0.29) is 11.7 Å². The normalized spacial score (nSPS) is 22.1. The molecule has 0 N–H and O–H groups in total. The van der Waals surface area contributed by atoms with E-state index < -0.39 is 6.17 Å². The topological polar surface area (TPSA) is 17.1 Å². The molecule has 0 spiro atoms. The molecule has 0 aliphatic heterocycles. The molecular weight excluding hydrogens is 239 g/mol. The molecule has 0 radical (unpaired) electrons. The van der Waals surface area contributed by atoms with Gasteiger partial charge in [0.2, 0.25) is 0 Å². The van der Waals surface area contributed by atoms with Crippen molar-refractivity contribution in [2.24, 2.45) is 0 Å². The van der Waals surface area contributed by atoms with Gasteiger partial charge >= 0.3 is 0 Å². The number of alkyl halides is 1. The summed E-state index contributed by atoms with van der Waals surface area (Å²) in [4.78, 5) is 11.8. The summed E-state index contributed by atoms with van der Waals surface area (Å²) < 4.78 is 13.9. The van der Waals surface area contributed by atoms with Crippen LogP contribution >= 0.6 is 0 Å². The van der Waals surface area contributed by atoms with E-state index in [4.69, 9.17) is 0 Å². The molecule has 2 aromatic rings. The average Bonchev–Trinajstić information content (AvgIpc) is 2.46. The van der Waals surface area contributed by atoms with Crippen molar-refractivity contribution in [1.29, 1.82) is 0 Å². The summed E-state index contributed by atoms with van der Waals surface area (Å²) >= 11 is 0. The van der Waals surface area contributed by atoms with Gasteiger partial charge in [0.1, 0.15) is 0 Å². The van der Waals surface area contributed by atoms with Crippen LogP contribution in [-0.2, 0) is 6.42 Å². The highest BCUT2D eigenvalue weighted by atomic mass is 19.1. The molecule has 3 rings (SSSR count). The average molecular weight is 254 g/mol. The lowest BCUT2D eigenvalue weighted by Crippen LogP contribution is -2.27. The van der Waals surface area contributed by atoms with Crippen molar-refractivity contribution in [1.82, 2.24) is 0 Å². The Labute approximate surface area is 112 Å². The van der Waals surface area contributed by atoms with Gasteiger partial charge in [0, 0.05) is 5.56 Å². The van der Waals surface area contributed by atoms with Gasteiger partial charge in [0.25, 0.3) is 0 Å². The fourth-order valence-electron chi connectivity index (χ4n) is 2.82. The van der Waals surface area contributed by atoms with Gasteiger partial charge in [-0.25, -0.2) is 4.39 Å². The minimum Gasteiger partial charge on any atom is -0.291 e. The van der Waals surface area contributed by atoms with Crippen molar-refractivity contribution < 1.29 is 9.18 Å². The number of hydrogen-bond donors (Lipinski definition) is 0. The maximum atomic E-state index is 13.9. The number of benzene rings is 2. The first-order valence-corrected chi connectivity index (χ1v) is 6.57. The molecule has 0 bridgehead atoms. The number of hydrogen-bond acceptors (Lipinski definition) is 1. The highest BCUT2D eigenvalue weighted by Crippen LogP contribution is 2.35. The van der Waals surface area contributed by atoms with Crippen LogP contribution in [0.25, 0.3) is 0 Å². The minimum atomic E-state index is -1.36. The molecular formula is C17H15FO. The molecule has 0 fully saturated rings. The van der Waals surface area contributed by atoms with Gasteiger partial charge in [-0.05, 0) is 29.9 Å². The number of rotatable bonds is 2. The second-order valence-electron chi connectivity index (χ2n) is 5.04. The molecule has 0 amide bonds. The monoisotopic (exact) mass is 254 g/mol. The number of fused-ring (bicyclic) bond motifs is 1. The lowest BCUT2D eigenvalue weighted by molar-refractivity contribution is 0.0843. The lowest BCUT2D eigenvalue weighted by atomic mass is 9.78. The van der Waals surface area contributed by atoms with Crippen molar-refractivity contribution in [3.63, 3.8) is 0 Å². The Balaban J connectivity index is 1.95. The Morgan fingerprint density at radius 2 is 1.68 bits per heavy atom. The Kier molecular flexibility index (Phi) is 3.16. The SMILES string of the molecule is O=C1c2ccccc2C(Cc2ccccc2)CC1F. The molecule has 96 valence electrons. The molecule has 0 saturated carbocycles. The molecule has 1 nitrogen and oxygen atoms in total. The van der Waals surface area contributed by atoms with Crippen molar-refractivity contribution in [2.45, 2.75) is 24.9 Å². The largest absolute Gasteiger partial charge is 0.291 e. The van der Waals surface area contributed by atoms with E-state index in [0.29, 0.717) is 12.0 Å². The molecule has 0 heterocycles. The number of carbonyl (C=O) groups is 1. The molecule has 2 heteroatoms. The summed E-state index contributed by atoms with van der Waals surface area (Å²) in [7, 11) is 0. The van der Waals surface area contributed by atoms with Gasteiger partial charge in [-0.3, -0.25) is 4.79 Å². The van der Waals surface area contributed by atoms with E-state index in [2.05, 4.69) is 0 Å². The van der Waals surface area contributed by atoms with Crippen LogP contribution in [0.4, 0.5) is 4.39 Å². The first kappa shape index (κ1) is 12.1. The Morgan fingerprint density at radius 3 is 2.47 bits per heavy atom. The highest BCUT2D eigenvalue weighted by molar-refractivity contribution is 6.02. The fourth-order valence-corrected chi connectivity index (χ4v) is 2.82. The zero-order valence-electron chi connectivity index (χ0n) is 10.6. The maximum Gasteiger partial charge on any atom is 0.197 e. The second kappa shape index (κ2) is 4.96. The maximum absolute atomic E-state index is 13.9. The van der Waals surface area contributed by atoms with Crippen LogP contribution in [0.3, 0.4) is 0 Å². The Bertz CT molecular complexity index is 591. The fraction of sp³-hybridized carbons (Fsp3) is 0.235. The number of ketones is 1. The summed E-state index contributed by atoms with van der Waals surface area (Å²) in [6.07, 6.45) is -0.278. The molecule has 2 aromatic carbocycles. The Morgan fingerprint density at radius 1 is 1.00 bits per heavy atom. The lowest BCUT2D eigenvalue weighted by Gasteiger charge is -2.26. The van der Waals surface area contributed by atoms with E-state index in [1.165, 1.54) is 5.56 Å². The third kappa shape index (κ3) is 2.30. The van der Waals surface area contributed by atoms with Gasteiger partial charge in [-0.1, -0.05) is 54.6 Å². The van der Waals surface area contributed by atoms with Crippen LogP contribution in [-0.4, -0.2) is 12.0 Å². The first-order chi connectivity index (χ1) is 9.25. The van der Waals surface area contributed by atoms with Crippen molar-refractivity contribution in [3.05, 3.63) is 71.3 Å². The molecule has 2 unspecified atom stereocenters. The quantitative estimate of drug-likeness (QED) is 0.793. The van der Waals surface area contributed by atoms with Gasteiger partial charge in [0.15, 0.2) is 12.0 Å². The number of Topliss-reactive ketones (excluding diaryl/α,β-unsaturated/α-hetero) is 1. The zero-order chi connectivity index (χ0) is 13.2. The van der Waals surface area contributed by atoms with E-state index in [1.54, 1.807) is 12.1 Å². The Hall–Kier alpha value is -1.96. The molecule has 1 aliphatic carbocycles. The zero-order valence-corrected chi connectivity index (χ0v) is 10.6. The summed E-state index contributed by atoms with van der Waals surface area (Å²) in [6, 6.07) is 17.5. The minimum absolute atomic E-state index is 0.0892.